The Bertz CT molecular complexity index is 382. The molecule has 0 heterocycles. The van der Waals surface area contributed by atoms with Crippen molar-refractivity contribution in [1.82, 2.24) is 0 Å². The highest BCUT2D eigenvalue weighted by Crippen LogP contribution is 2.49. The molecule has 0 aliphatic carbocycles. The zero-order valence-corrected chi connectivity index (χ0v) is 13.5. The molecule has 110 valence electrons. The van der Waals surface area contributed by atoms with Crippen LogP contribution in [0.3, 0.4) is 0 Å². The molecule has 0 atom stereocenters. The van der Waals surface area contributed by atoms with Crippen molar-refractivity contribution in [2.24, 2.45) is 0 Å². The van der Waals surface area contributed by atoms with Crippen LogP contribution in [-0.2, 0) is 18.4 Å². The molecule has 0 unspecified atom stereocenters. The minimum absolute atomic E-state index is 0.188. The zero-order chi connectivity index (χ0) is 14.9. The van der Waals surface area contributed by atoms with E-state index >= 15 is 0 Å². The molecule has 0 aromatic carbocycles. The van der Waals surface area contributed by atoms with E-state index in [1.54, 1.807) is 13.8 Å². The molecule has 0 rings (SSSR count). The van der Waals surface area contributed by atoms with Gasteiger partial charge >= 0.3 is 7.60 Å². The lowest BCUT2D eigenvalue weighted by Gasteiger charge is -2.13. The molecule has 0 saturated carbocycles. The van der Waals surface area contributed by atoms with E-state index in [0.717, 1.165) is 18.4 Å². The monoisotopic (exact) mass is 288 g/mol. The predicted molar refractivity (Wildman–Crippen MR) is 78.3 cm³/mol. The van der Waals surface area contributed by atoms with E-state index in [2.05, 4.69) is 6.08 Å². The lowest BCUT2D eigenvalue weighted by Crippen LogP contribution is -2.05. The summed E-state index contributed by atoms with van der Waals surface area (Å²) in [4.78, 5) is 11.9. The van der Waals surface area contributed by atoms with Gasteiger partial charge in [-0.2, -0.15) is 0 Å². The molecule has 5 heteroatoms. The summed E-state index contributed by atoms with van der Waals surface area (Å²) in [7, 11) is -3.65. The Labute approximate surface area is 116 Å². The van der Waals surface area contributed by atoms with Gasteiger partial charge in [-0.15, -0.1) is 0 Å². The molecule has 0 spiro atoms. The summed E-state index contributed by atoms with van der Waals surface area (Å²) < 4.78 is 22.2. The van der Waals surface area contributed by atoms with Crippen molar-refractivity contribution in [3.8, 4) is 0 Å². The van der Waals surface area contributed by atoms with Crippen LogP contribution in [0, 0.1) is 0 Å². The maximum absolute atomic E-state index is 12.2. The van der Waals surface area contributed by atoms with Crippen LogP contribution in [0.25, 0.3) is 0 Å². The van der Waals surface area contributed by atoms with Gasteiger partial charge in [0.2, 0.25) is 0 Å². The van der Waals surface area contributed by atoms with Gasteiger partial charge in [-0.05, 0) is 53.5 Å². The topological polar surface area (TPSA) is 52.6 Å². The summed E-state index contributed by atoms with van der Waals surface area (Å²) in [6.45, 7) is 9.65. The Morgan fingerprint density at radius 1 is 1.11 bits per heavy atom. The van der Waals surface area contributed by atoms with Gasteiger partial charge in [0.15, 0.2) is 0 Å². The van der Waals surface area contributed by atoms with Crippen LogP contribution in [0.5, 0.6) is 0 Å². The van der Waals surface area contributed by atoms with Crippen LogP contribution in [0.15, 0.2) is 23.3 Å². The molecule has 0 N–H and O–H groups in total. The first kappa shape index (κ1) is 18.3. The molecular formula is C14H25O4P. The maximum Gasteiger partial charge on any atom is 0.400 e. The summed E-state index contributed by atoms with van der Waals surface area (Å²) in [5.41, 5.74) is 1.56. The van der Waals surface area contributed by atoms with Gasteiger partial charge in [0.1, 0.15) is 0 Å². The van der Waals surface area contributed by atoms with Crippen molar-refractivity contribution in [2.45, 2.75) is 47.5 Å². The van der Waals surface area contributed by atoms with Crippen molar-refractivity contribution in [2.75, 3.05) is 13.2 Å². The Morgan fingerprint density at radius 3 is 2.05 bits per heavy atom. The van der Waals surface area contributed by atoms with Crippen molar-refractivity contribution in [3.63, 3.8) is 0 Å². The number of hydrogen-bond acceptors (Lipinski definition) is 4. The van der Waals surface area contributed by atoms with Gasteiger partial charge in [-0.1, -0.05) is 17.2 Å². The second-order valence-electron chi connectivity index (χ2n) is 4.48. The standard InChI is InChI=1S/C14H25O4P/c1-6-17-19(16,18-7-2)14(15)11-13(5)10-8-9-12(3)4/h9,11H,6-8,10H2,1-5H3/b13-11+. The number of allylic oxidation sites excluding steroid dienone is 4. The van der Waals surface area contributed by atoms with Gasteiger partial charge < -0.3 is 9.05 Å². The van der Waals surface area contributed by atoms with E-state index in [1.807, 2.05) is 20.8 Å². The second kappa shape index (κ2) is 9.24. The normalized spacial score (nSPS) is 12.4. The predicted octanol–water partition coefficient (Wildman–Crippen LogP) is 4.47. The lowest BCUT2D eigenvalue weighted by molar-refractivity contribution is -0.109. The van der Waals surface area contributed by atoms with Crippen molar-refractivity contribution in [1.29, 1.82) is 0 Å². The fourth-order valence-electron chi connectivity index (χ4n) is 1.45. The molecule has 0 radical (unpaired) electrons. The zero-order valence-electron chi connectivity index (χ0n) is 12.6. The summed E-state index contributed by atoms with van der Waals surface area (Å²) in [6, 6.07) is 0. The molecular weight excluding hydrogens is 263 g/mol. The molecule has 0 fully saturated rings. The quantitative estimate of drug-likeness (QED) is 0.357. The van der Waals surface area contributed by atoms with Gasteiger partial charge in [-0.25, -0.2) is 0 Å². The molecule has 4 nitrogen and oxygen atoms in total. The summed E-state index contributed by atoms with van der Waals surface area (Å²) in [6.07, 6.45) is 5.11. The maximum atomic E-state index is 12.2. The van der Waals surface area contributed by atoms with E-state index in [4.69, 9.17) is 9.05 Å². The minimum Gasteiger partial charge on any atom is -0.303 e. The molecule has 19 heavy (non-hydrogen) atoms. The number of carbonyl (C=O) groups is 1. The minimum atomic E-state index is -3.65. The number of hydrogen-bond donors (Lipinski definition) is 0. The molecule has 0 bridgehead atoms. The fraction of sp³-hybridized carbons (Fsp3) is 0.643. The van der Waals surface area contributed by atoms with Crippen molar-refractivity contribution in [3.05, 3.63) is 23.3 Å². The van der Waals surface area contributed by atoms with Crippen LogP contribution in [0.4, 0.5) is 0 Å². The third-order valence-corrected chi connectivity index (χ3v) is 4.19. The highest BCUT2D eigenvalue weighted by molar-refractivity contribution is 7.72. The molecule has 0 aliphatic heterocycles. The van der Waals surface area contributed by atoms with E-state index < -0.39 is 13.1 Å². The van der Waals surface area contributed by atoms with Gasteiger partial charge in [0, 0.05) is 0 Å². The third-order valence-electron chi connectivity index (χ3n) is 2.33. The second-order valence-corrected chi connectivity index (χ2v) is 6.43. The van der Waals surface area contributed by atoms with Crippen molar-refractivity contribution < 1.29 is 18.4 Å². The molecule has 0 aromatic heterocycles. The molecule has 0 aromatic rings. The summed E-state index contributed by atoms with van der Waals surface area (Å²) in [5.74, 6) is 0. The largest absolute Gasteiger partial charge is 0.400 e. The Balaban J connectivity index is 4.69. The molecule has 0 amide bonds. The van der Waals surface area contributed by atoms with Crippen LogP contribution in [0.1, 0.15) is 47.5 Å². The lowest BCUT2D eigenvalue weighted by atomic mass is 10.1. The molecule has 0 saturated heterocycles. The Morgan fingerprint density at radius 2 is 1.63 bits per heavy atom. The number of carbonyl (C=O) groups excluding carboxylic acids is 1. The Kier molecular flexibility index (Phi) is 8.90. The van der Waals surface area contributed by atoms with E-state index in [9.17, 15) is 9.36 Å². The highest BCUT2D eigenvalue weighted by Gasteiger charge is 2.32. The third kappa shape index (κ3) is 7.46. The molecule has 0 aliphatic rings. The first-order valence-electron chi connectivity index (χ1n) is 6.59. The average molecular weight is 288 g/mol. The van der Waals surface area contributed by atoms with Gasteiger partial charge in [0.25, 0.3) is 5.52 Å². The van der Waals surface area contributed by atoms with E-state index in [0.29, 0.717) is 0 Å². The summed E-state index contributed by atoms with van der Waals surface area (Å²) >= 11 is 0. The fourth-order valence-corrected chi connectivity index (χ4v) is 2.84. The average Bonchev–Trinajstić information content (AvgIpc) is 2.28. The van der Waals surface area contributed by atoms with Crippen LogP contribution < -0.4 is 0 Å². The SMILES string of the molecule is CCOP(=O)(OCC)C(=O)/C=C(\C)CCC=C(C)C. The Hall–Kier alpha value is -0.700. The van der Waals surface area contributed by atoms with E-state index in [-0.39, 0.29) is 13.2 Å². The smallest absolute Gasteiger partial charge is 0.303 e. The van der Waals surface area contributed by atoms with Crippen LogP contribution in [-0.4, -0.2) is 18.7 Å². The van der Waals surface area contributed by atoms with Gasteiger partial charge in [0.05, 0.1) is 13.2 Å². The highest BCUT2D eigenvalue weighted by atomic mass is 31.2. The first-order chi connectivity index (χ1) is 8.85. The number of rotatable bonds is 9. The van der Waals surface area contributed by atoms with Crippen molar-refractivity contribution >= 4 is 13.1 Å². The van der Waals surface area contributed by atoms with Gasteiger partial charge in [-0.3, -0.25) is 9.36 Å². The van der Waals surface area contributed by atoms with Crippen LogP contribution in [0.2, 0.25) is 0 Å². The first-order valence-corrected chi connectivity index (χ1v) is 8.14. The summed E-state index contributed by atoms with van der Waals surface area (Å²) in [5, 5.41) is 0. The van der Waals surface area contributed by atoms with E-state index in [1.165, 1.54) is 11.6 Å². The van der Waals surface area contributed by atoms with Crippen LogP contribution >= 0.6 is 7.60 Å².